The highest BCUT2D eigenvalue weighted by Gasteiger charge is 2.30. The van der Waals surface area contributed by atoms with Gasteiger partial charge in [-0.15, -0.1) is 34.0 Å². The van der Waals surface area contributed by atoms with Crippen molar-refractivity contribution in [1.29, 1.82) is 0 Å². The van der Waals surface area contributed by atoms with Crippen LogP contribution >= 0.6 is 34.0 Å². The summed E-state index contributed by atoms with van der Waals surface area (Å²) in [5.74, 6) is -0.804. The molecule has 0 unspecified atom stereocenters. The molecule has 95 heavy (non-hydrogen) atoms. The normalized spacial score (nSPS) is 15.1. The van der Waals surface area contributed by atoms with Gasteiger partial charge in [-0.05, 0) is 99.5 Å². The van der Waals surface area contributed by atoms with Crippen LogP contribution < -0.4 is 53.1 Å². The molecule has 9 heterocycles. The van der Waals surface area contributed by atoms with E-state index in [4.69, 9.17) is 37.1 Å². The molecule has 6 aromatic heterocycles. The lowest BCUT2D eigenvalue weighted by molar-refractivity contribution is -0.130. The minimum Gasteiger partial charge on any atom is -0.488 e. The SMILES string of the molecule is CC(=O)N1CCC(Oc2cc(F)ccc2Nc2ncnc3sc(C(N)=O)c(C)c23)CC1.Cc1c(C(N)=O)sc2ncnc(Nc3ccc(F)cc3OC3CCN(CC(N)=O)CC3)c12.Cc1c(C(N)=O)sc2ncnc(Nc3ccc(F)cc3OC3CCN(S(C)(=O)=O)CC3)c12. The molecule has 0 saturated carbocycles. The second kappa shape index (κ2) is 29.5. The third-order valence-electron chi connectivity index (χ3n) is 16.0. The van der Waals surface area contributed by atoms with E-state index < -0.39 is 45.2 Å². The fourth-order valence-electron chi connectivity index (χ4n) is 11.2. The van der Waals surface area contributed by atoms with Gasteiger partial charge in [-0.2, -0.15) is 0 Å². The molecule has 0 radical (unpaired) electrons. The predicted molar refractivity (Wildman–Crippen MR) is 356 cm³/mol. The van der Waals surface area contributed by atoms with Crippen molar-refractivity contribution < 1.29 is 59.8 Å². The summed E-state index contributed by atoms with van der Waals surface area (Å²) >= 11 is 3.59. The number of hydrogen-bond donors (Lipinski definition) is 7. The molecular weight excluding hydrogens is 1310 g/mol. The number of hydrogen-bond acceptors (Lipinski definition) is 23. The molecule has 500 valence electrons. The van der Waals surface area contributed by atoms with Gasteiger partial charge in [0.15, 0.2) is 0 Å². The van der Waals surface area contributed by atoms with Gasteiger partial charge in [-0.1, -0.05) is 0 Å². The molecule has 11 N–H and O–H groups in total. The van der Waals surface area contributed by atoms with Gasteiger partial charge in [0.2, 0.25) is 21.8 Å². The number of rotatable bonds is 18. The molecule has 3 aliphatic heterocycles. The van der Waals surface area contributed by atoms with E-state index in [1.54, 1.807) is 50.8 Å². The summed E-state index contributed by atoms with van der Waals surface area (Å²) in [6.07, 6.45) is 8.51. The van der Waals surface area contributed by atoms with Gasteiger partial charge >= 0.3 is 0 Å². The van der Waals surface area contributed by atoms with Crippen LogP contribution in [0.3, 0.4) is 0 Å². The average Bonchev–Trinajstić information content (AvgIpc) is 1.67. The Morgan fingerprint density at radius 2 is 0.832 bits per heavy atom. The zero-order valence-electron chi connectivity index (χ0n) is 52.0. The van der Waals surface area contributed by atoms with Crippen molar-refractivity contribution in [3.8, 4) is 17.2 Å². The van der Waals surface area contributed by atoms with Crippen LogP contribution in [0.4, 0.5) is 47.7 Å². The van der Waals surface area contributed by atoms with Crippen LogP contribution in [-0.2, 0) is 19.6 Å². The lowest BCUT2D eigenvalue weighted by Crippen LogP contribution is -2.42. The third kappa shape index (κ3) is 16.4. The Labute approximate surface area is 554 Å². The van der Waals surface area contributed by atoms with Gasteiger partial charge in [0.1, 0.15) is 104 Å². The zero-order valence-corrected chi connectivity index (χ0v) is 55.3. The Balaban J connectivity index is 0.000000155. The lowest BCUT2D eigenvalue weighted by Gasteiger charge is -2.32. The van der Waals surface area contributed by atoms with Crippen LogP contribution in [0.2, 0.25) is 0 Å². The van der Waals surface area contributed by atoms with Crippen LogP contribution in [0.5, 0.6) is 17.2 Å². The summed E-state index contributed by atoms with van der Waals surface area (Å²) in [5.41, 5.74) is 25.3. The highest BCUT2D eigenvalue weighted by Crippen LogP contribution is 2.41. The van der Waals surface area contributed by atoms with Crippen LogP contribution in [0, 0.1) is 38.2 Å². The van der Waals surface area contributed by atoms with E-state index in [9.17, 15) is 45.6 Å². The number of carbonyl (C=O) groups excluding carboxylic acids is 5. The number of nitrogens with one attached hydrogen (secondary N) is 3. The zero-order chi connectivity index (χ0) is 68.0. The van der Waals surface area contributed by atoms with Crippen molar-refractivity contribution in [2.45, 2.75) is 84.5 Å². The molecule has 5 amide bonds. The van der Waals surface area contributed by atoms with Crippen molar-refractivity contribution in [3.05, 3.63) is 122 Å². The van der Waals surface area contributed by atoms with E-state index in [2.05, 4.69) is 45.9 Å². The number of sulfonamides is 1. The Morgan fingerprint density at radius 1 is 0.516 bits per heavy atom. The summed E-state index contributed by atoms with van der Waals surface area (Å²) in [5, 5.41) is 11.6. The number of likely N-dealkylation sites (tertiary alicyclic amines) is 2. The first-order valence-corrected chi connectivity index (χ1v) is 34.1. The number of anilines is 6. The molecule has 3 saturated heterocycles. The minimum absolute atomic E-state index is 0.0424. The highest BCUT2D eigenvalue weighted by molar-refractivity contribution is 7.88. The molecule has 3 fully saturated rings. The Morgan fingerprint density at radius 3 is 1.13 bits per heavy atom. The lowest BCUT2D eigenvalue weighted by atomic mass is 10.1. The molecule has 3 aliphatic rings. The Bertz CT molecular complexity index is 4510. The second-order valence-corrected chi connectivity index (χ2v) is 27.6. The van der Waals surface area contributed by atoms with E-state index >= 15 is 0 Å². The van der Waals surface area contributed by atoms with Crippen molar-refractivity contribution in [2.24, 2.45) is 22.9 Å². The molecule has 12 rings (SSSR count). The van der Waals surface area contributed by atoms with E-state index in [1.165, 1.54) is 100.0 Å². The number of nitrogens with zero attached hydrogens (tertiary/aromatic N) is 9. The number of ether oxygens (including phenoxy) is 3. The van der Waals surface area contributed by atoms with Gasteiger partial charge in [-0.3, -0.25) is 28.9 Å². The molecule has 0 bridgehead atoms. The van der Waals surface area contributed by atoms with Crippen molar-refractivity contribution >= 4 is 139 Å². The quantitative estimate of drug-likeness (QED) is 0.0423. The maximum atomic E-state index is 14.0. The maximum absolute atomic E-state index is 14.0. The van der Waals surface area contributed by atoms with E-state index in [-0.39, 0.29) is 42.4 Å². The average molecular weight is 1380 g/mol. The molecule has 3 aromatic carbocycles. The number of piperidine rings is 3. The first kappa shape index (κ1) is 68.4. The standard InChI is InChI=1S/C21H23FN6O3S.C21H22FN5O3S.C20H22FN5O4S2/c1-11-17-20(25-10-26-21(17)32-18(11)19(24)30)27-14-3-2-12(22)8-15(14)31-13-4-6-28(7-5-13)9-16(23)29;1-11-17-20(24-10-25-21(17)31-18(11)19(23)29)26-15-4-3-13(22)9-16(15)30-14-5-7-27(8-6-14)12(2)28;1-11-16-19(23-10-24-20(16)31-17(11)18(22)27)25-14-4-3-12(21)9-15(14)30-13-5-7-26(8-6-13)32(2,28)29/h2-3,8,10,13H,4-7,9H2,1H3,(H2,23,29)(H2,24,30)(H,25,26,27);3-4,9-10,14H,5-8H2,1-2H3,(H2,23,29)(H,24,25,26);3-4,9-10,13H,5-8H2,1-2H3,(H2,22,27)(H,23,24,25). The molecule has 0 spiro atoms. The predicted octanol–water partition coefficient (Wildman–Crippen LogP) is 8.46. The second-order valence-electron chi connectivity index (χ2n) is 22.6. The maximum Gasteiger partial charge on any atom is 0.259 e. The molecule has 9 aromatic rings. The van der Waals surface area contributed by atoms with E-state index in [1.807, 2.05) is 4.90 Å². The fraction of sp³-hybridized carbons (Fsp3) is 0.339. The number of primary amides is 4. The van der Waals surface area contributed by atoms with Crippen molar-refractivity contribution in [3.63, 3.8) is 0 Å². The van der Waals surface area contributed by atoms with E-state index in [0.29, 0.717) is 186 Å². The van der Waals surface area contributed by atoms with Crippen LogP contribution in [0.1, 0.15) is 91.2 Å². The van der Waals surface area contributed by atoms with Crippen molar-refractivity contribution in [1.82, 2.24) is 44.0 Å². The summed E-state index contributed by atoms with van der Waals surface area (Å²) < 4.78 is 85.1. The molecule has 33 heteroatoms. The third-order valence-corrected chi connectivity index (χ3v) is 20.9. The smallest absolute Gasteiger partial charge is 0.259 e. The van der Waals surface area contributed by atoms with Gasteiger partial charge < -0.3 is 58.0 Å². The highest BCUT2D eigenvalue weighted by atomic mass is 32.2. The Hall–Kier alpha value is -9.41. The number of amides is 5. The topological polar surface area (TPSA) is 374 Å². The first-order valence-electron chi connectivity index (χ1n) is 29.8. The number of aryl methyl sites for hydroxylation is 3. The van der Waals surface area contributed by atoms with Gasteiger partial charge in [0.25, 0.3) is 17.7 Å². The number of carbonyl (C=O) groups is 5. The molecular formula is C62H67F3N16O10S4. The summed E-state index contributed by atoms with van der Waals surface area (Å²) in [4.78, 5) is 90.3. The van der Waals surface area contributed by atoms with Gasteiger partial charge in [0.05, 0.1) is 60.7 Å². The molecule has 0 atom stereocenters. The van der Waals surface area contributed by atoms with Gasteiger partial charge in [-0.25, -0.2) is 55.8 Å². The number of nitrogens with two attached hydrogens (primary N) is 4. The molecule has 0 aliphatic carbocycles. The van der Waals surface area contributed by atoms with Crippen LogP contribution in [-0.4, -0.2) is 152 Å². The number of benzene rings is 3. The van der Waals surface area contributed by atoms with Crippen LogP contribution in [0.25, 0.3) is 30.6 Å². The number of aromatic nitrogens is 6. The largest absolute Gasteiger partial charge is 0.488 e. The number of fused-ring (bicyclic) bond motifs is 3. The molecule has 26 nitrogen and oxygen atoms in total. The van der Waals surface area contributed by atoms with Crippen molar-refractivity contribution in [2.75, 3.05) is 68.0 Å². The summed E-state index contributed by atoms with van der Waals surface area (Å²) in [6, 6.07) is 12.6. The fourth-order valence-corrected chi connectivity index (χ4v) is 15.1. The Kier molecular flexibility index (Phi) is 21.2. The number of halogens is 3. The van der Waals surface area contributed by atoms with Crippen LogP contribution in [0.15, 0.2) is 73.6 Å². The van der Waals surface area contributed by atoms with Gasteiger partial charge in [0, 0.05) is 77.2 Å². The van der Waals surface area contributed by atoms with E-state index in [0.717, 1.165) is 0 Å². The minimum atomic E-state index is -3.25. The first-order chi connectivity index (χ1) is 45.3. The monoisotopic (exact) mass is 1380 g/mol. The summed E-state index contributed by atoms with van der Waals surface area (Å²) in [6.45, 7) is 10.4. The summed E-state index contributed by atoms with van der Waals surface area (Å²) in [7, 11) is -3.25. The number of thiophene rings is 3.